The summed E-state index contributed by atoms with van der Waals surface area (Å²) in [7, 11) is 0. The number of aryl methyl sites for hydroxylation is 1. The number of aromatic nitrogens is 2. The van der Waals surface area contributed by atoms with Gasteiger partial charge >= 0.3 is 0 Å². The lowest BCUT2D eigenvalue weighted by Crippen LogP contribution is -2.39. The number of amidine groups is 1. The number of carbonyl (C=O) groups is 1. The molecule has 172 valence electrons. The number of alkyl halides is 1. The molecule has 1 aliphatic carbocycles. The number of hydrogen-bond acceptors (Lipinski definition) is 7. The number of halogens is 2. The molecule has 2 N–H and O–H groups in total. The maximum atomic E-state index is 15.3. The van der Waals surface area contributed by atoms with E-state index in [-0.39, 0.29) is 41.5 Å². The van der Waals surface area contributed by atoms with Crippen molar-refractivity contribution >= 4 is 22.7 Å². The summed E-state index contributed by atoms with van der Waals surface area (Å²) in [6.07, 6.45) is 7.23. The number of Topliss-reactive ketones (excluding diaryl/α,β-unsaturated/α-hetero) is 1. The fourth-order valence-electron chi connectivity index (χ4n) is 4.58. The molecule has 1 fully saturated rings. The third-order valence-corrected chi connectivity index (χ3v) is 7.84. The van der Waals surface area contributed by atoms with Crippen LogP contribution in [0.5, 0.6) is 5.88 Å². The molecule has 33 heavy (non-hydrogen) atoms. The van der Waals surface area contributed by atoms with E-state index >= 15 is 4.39 Å². The molecule has 2 heterocycles. The second kappa shape index (κ2) is 8.41. The Kier molecular flexibility index (Phi) is 5.91. The first-order valence-electron chi connectivity index (χ1n) is 10.5. The third-order valence-electron chi connectivity index (χ3n) is 6.38. The molecule has 1 aliphatic heterocycles. The van der Waals surface area contributed by atoms with Crippen molar-refractivity contribution in [2.45, 2.75) is 50.1 Å². The SMILES string of the molecule is C#CCOc1cnc(C(=O)Cc2cc(C)c(F)c([C@@]3(C)N=C(N)S[C@@]4(C(C)F)C[C@@H]34)c2)cn1. The van der Waals surface area contributed by atoms with Crippen LogP contribution in [0.1, 0.15) is 47.4 Å². The van der Waals surface area contributed by atoms with Crippen LogP contribution in [0.25, 0.3) is 0 Å². The molecular formula is C24H24F2N4O2S. The third kappa shape index (κ3) is 4.08. The first-order valence-corrected chi connectivity index (χ1v) is 11.3. The van der Waals surface area contributed by atoms with Gasteiger partial charge in [0.1, 0.15) is 17.7 Å². The van der Waals surface area contributed by atoms with E-state index in [4.69, 9.17) is 16.9 Å². The van der Waals surface area contributed by atoms with Crippen LogP contribution in [-0.2, 0) is 12.0 Å². The van der Waals surface area contributed by atoms with Crippen molar-refractivity contribution in [3.8, 4) is 18.2 Å². The molecule has 4 rings (SSSR count). The predicted octanol–water partition coefficient (Wildman–Crippen LogP) is 3.75. The normalized spacial score (nSPS) is 26.5. The van der Waals surface area contributed by atoms with Gasteiger partial charge in [-0.3, -0.25) is 9.79 Å². The summed E-state index contributed by atoms with van der Waals surface area (Å²) in [5, 5.41) is 0.247. The Morgan fingerprint density at radius 1 is 1.42 bits per heavy atom. The van der Waals surface area contributed by atoms with Crippen LogP contribution < -0.4 is 10.5 Å². The van der Waals surface area contributed by atoms with Crippen LogP contribution in [0.4, 0.5) is 8.78 Å². The first-order chi connectivity index (χ1) is 15.6. The van der Waals surface area contributed by atoms with Gasteiger partial charge in [0.05, 0.1) is 22.7 Å². The van der Waals surface area contributed by atoms with Gasteiger partial charge in [-0.1, -0.05) is 23.7 Å². The van der Waals surface area contributed by atoms with Gasteiger partial charge in [0.25, 0.3) is 0 Å². The molecule has 1 saturated carbocycles. The highest BCUT2D eigenvalue weighted by atomic mass is 32.2. The molecule has 0 saturated heterocycles. The summed E-state index contributed by atoms with van der Waals surface area (Å²) in [5.41, 5.74) is 6.50. The maximum absolute atomic E-state index is 15.3. The zero-order chi connectivity index (χ0) is 24.0. The minimum atomic E-state index is -1.11. The Balaban J connectivity index is 1.63. The van der Waals surface area contributed by atoms with Crippen LogP contribution in [-0.4, -0.2) is 38.4 Å². The standard InChI is InChI=1S/C24H24F2N4O2S/c1-5-6-32-20-12-28-17(11-29-20)18(31)9-15-7-13(2)21(26)16(8-15)23(4)19-10-24(19,14(3)25)33-22(27)30-23/h1,7-8,11-12,14,19H,6,9-10H2,2-4H3,(H2,27,30)/t14?,19-,23+,24+/m0/s1. The van der Waals surface area contributed by atoms with Crippen molar-refractivity contribution in [3.63, 3.8) is 0 Å². The van der Waals surface area contributed by atoms with Gasteiger partial charge in [-0.15, -0.1) is 6.42 Å². The second-order valence-corrected chi connectivity index (χ2v) is 10.0. The molecular weight excluding hydrogens is 446 g/mol. The molecule has 2 aliphatic rings. The van der Waals surface area contributed by atoms with Crippen molar-refractivity contribution in [3.05, 3.63) is 52.7 Å². The van der Waals surface area contributed by atoms with E-state index in [9.17, 15) is 9.18 Å². The lowest BCUT2D eigenvalue weighted by molar-refractivity contribution is 0.0987. The number of aliphatic imine (C=N–C) groups is 1. The number of nitrogens with two attached hydrogens (primary N) is 1. The van der Waals surface area contributed by atoms with Gasteiger partial charge < -0.3 is 10.5 Å². The number of ketones is 1. The van der Waals surface area contributed by atoms with Crippen LogP contribution >= 0.6 is 11.8 Å². The average Bonchev–Trinajstić information content (AvgIpc) is 3.52. The highest BCUT2D eigenvalue weighted by Gasteiger charge is 2.69. The van der Waals surface area contributed by atoms with Crippen LogP contribution in [0.3, 0.4) is 0 Å². The number of thioether (sulfide) groups is 1. The van der Waals surface area contributed by atoms with E-state index in [0.29, 0.717) is 23.1 Å². The van der Waals surface area contributed by atoms with Gasteiger partial charge in [-0.25, -0.2) is 18.7 Å². The van der Waals surface area contributed by atoms with E-state index in [1.165, 1.54) is 31.1 Å². The fourth-order valence-corrected chi connectivity index (χ4v) is 5.99. The van der Waals surface area contributed by atoms with Crippen molar-refractivity contribution in [2.24, 2.45) is 16.6 Å². The number of terminal acetylenes is 1. The zero-order valence-electron chi connectivity index (χ0n) is 18.6. The minimum Gasteiger partial charge on any atom is -0.463 e. The van der Waals surface area contributed by atoms with Crippen molar-refractivity contribution in [1.82, 2.24) is 9.97 Å². The Bertz CT molecular complexity index is 1180. The van der Waals surface area contributed by atoms with E-state index in [2.05, 4.69) is 20.9 Å². The highest BCUT2D eigenvalue weighted by Crippen LogP contribution is 2.67. The number of fused-ring (bicyclic) bond motifs is 1. The van der Waals surface area contributed by atoms with Gasteiger partial charge in [-0.05, 0) is 44.4 Å². The number of carbonyl (C=O) groups excluding carboxylic acids is 1. The Labute approximate surface area is 195 Å². The fraction of sp³-hybridized carbons (Fsp3) is 0.417. The maximum Gasteiger partial charge on any atom is 0.233 e. The largest absolute Gasteiger partial charge is 0.463 e. The van der Waals surface area contributed by atoms with E-state index < -0.39 is 22.3 Å². The monoisotopic (exact) mass is 470 g/mol. The Hall–Kier alpha value is -2.99. The van der Waals surface area contributed by atoms with Crippen LogP contribution in [0, 0.1) is 31.0 Å². The number of benzene rings is 1. The summed E-state index contributed by atoms with van der Waals surface area (Å²) in [5.74, 6) is 1.65. The summed E-state index contributed by atoms with van der Waals surface area (Å²) in [4.78, 5) is 25.5. The molecule has 9 heteroatoms. The Morgan fingerprint density at radius 3 is 2.82 bits per heavy atom. The molecule has 0 bridgehead atoms. The summed E-state index contributed by atoms with van der Waals surface area (Å²) >= 11 is 1.24. The molecule has 6 nitrogen and oxygen atoms in total. The molecule has 4 atom stereocenters. The van der Waals surface area contributed by atoms with Crippen molar-refractivity contribution in [1.29, 1.82) is 0 Å². The van der Waals surface area contributed by atoms with E-state index in [1.807, 2.05) is 0 Å². The Morgan fingerprint density at radius 2 is 2.18 bits per heavy atom. The lowest BCUT2D eigenvalue weighted by atomic mass is 9.83. The topological polar surface area (TPSA) is 90.5 Å². The van der Waals surface area contributed by atoms with E-state index in [0.717, 1.165) is 0 Å². The van der Waals surface area contributed by atoms with Gasteiger partial charge in [0.2, 0.25) is 5.88 Å². The van der Waals surface area contributed by atoms with Crippen molar-refractivity contribution in [2.75, 3.05) is 6.61 Å². The second-order valence-electron chi connectivity index (χ2n) is 8.63. The number of hydrogen-bond donors (Lipinski definition) is 1. The molecule has 1 aromatic carbocycles. The predicted molar refractivity (Wildman–Crippen MR) is 124 cm³/mol. The molecule has 2 aromatic rings. The van der Waals surface area contributed by atoms with Gasteiger partial charge in [0.15, 0.2) is 17.6 Å². The van der Waals surface area contributed by atoms with Gasteiger partial charge in [-0.2, -0.15) is 0 Å². The number of rotatable bonds is 7. The first kappa shape index (κ1) is 23.2. The molecule has 0 radical (unpaired) electrons. The van der Waals surface area contributed by atoms with Gasteiger partial charge in [0, 0.05) is 17.9 Å². The highest BCUT2D eigenvalue weighted by molar-refractivity contribution is 8.15. The quantitative estimate of drug-likeness (QED) is 0.490. The summed E-state index contributed by atoms with van der Waals surface area (Å²) in [6.45, 7) is 4.98. The van der Waals surface area contributed by atoms with E-state index in [1.54, 1.807) is 26.0 Å². The average molecular weight is 471 g/mol. The van der Waals surface area contributed by atoms with Crippen molar-refractivity contribution < 1.29 is 18.3 Å². The molecule has 1 unspecified atom stereocenters. The van der Waals surface area contributed by atoms with Crippen LogP contribution in [0.2, 0.25) is 0 Å². The molecule has 1 aromatic heterocycles. The number of nitrogens with zero attached hydrogens (tertiary/aromatic N) is 3. The summed E-state index contributed by atoms with van der Waals surface area (Å²) in [6, 6.07) is 3.26. The minimum absolute atomic E-state index is 0.00723. The lowest BCUT2D eigenvalue weighted by Gasteiger charge is -2.35. The summed E-state index contributed by atoms with van der Waals surface area (Å²) < 4.78 is 34.3. The zero-order valence-corrected chi connectivity index (χ0v) is 19.4. The smallest absolute Gasteiger partial charge is 0.233 e. The molecule has 0 spiro atoms. The molecule has 0 amide bonds. The number of ether oxygens (including phenoxy) is 1. The van der Waals surface area contributed by atoms with Crippen LogP contribution in [0.15, 0.2) is 29.5 Å².